The van der Waals surface area contributed by atoms with Crippen molar-refractivity contribution < 1.29 is 13.9 Å². The number of carbonyl (C=O) groups is 1. The van der Waals surface area contributed by atoms with E-state index in [9.17, 15) is 9.59 Å². The van der Waals surface area contributed by atoms with Crippen LogP contribution in [0.3, 0.4) is 0 Å². The number of amides is 1. The highest BCUT2D eigenvalue weighted by molar-refractivity contribution is 7.71. The number of carbonyl (C=O) groups excluding carboxylic acids is 1. The average Bonchev–Trinajstić information content (AvgIpc) is 3.31. The summed E-state index contributed by atoms with van der Waals surface area (Å²) in [7, 11) is 0. The van der Waals surface area contributed by atoms with E-state index in [4.69, 9.17) is 21.4 Å². The monoisotopic (exact) mass is 449 g/mol. The number of rotatable bonds is 9. The van der Waals surface area contributed by atoms with E-state index >= 15 is 0 Å². The van der Waals surface area contributed by atoms with Crippen molar-refractivity contribution >= 4 is 29.0 Å². The Balaban J connectivity index is 1.29. The van der Waals surface area contributed by atoms with E-state index < -0.39 is 0 Å². The first-order chi connectivity index (χ1) is 15.6. The van der Waals surface area contributed by atoms with E-state index in [1.165, 1.54) is 4.57 Å². The van der Waals surface area contributed by atoms with Crippen molar-refractivity contribution in [2.75, 3.05) is 0 Å². The van der Waals surface area contributed by atoms with E-state index in [0.717, 1.165) is 16.9 Å². The third-order valence-electron chi connectivity index (χ3n) is 5.03. The number of aromatic nitrogens is 2. The normalized spacial score (nSPS) is 11.0. The van der Waals surface area contributed by atoms with E-state index in [2.05, 4.69) is 10.3 Å². The van der Waals surface area contributed by atoms with Crippen LogP contribution in [0.15, 0.2) is 76.1 Å². The standard InChI is InChI=1S/C24H23N3O4S/c28-22(10-11-27-23(29)20-8-1-2-9-21(20)26-24(27)32)25-14-17-5-3-6-18(13-17)15-30-16-19-7-4-12-31-19/h1-9,12-13H,10-11,14-16H2,(H,25,28)(H,26,32). The van der Waals surface area contributed by atoms with E-state index in [1.54, 1.807) is 24.5 Å². The predicted molar refractivity (Wildman–Crippen MR) is 123 cm³/mol. The van der Waals surface area contributed by atoms with Crippen molar-refractivity contribution in [3.05, 3.63) is 98.9 Å². The molecule has 1 amide bonds. The molecular weight excluding hydrogens is 426 g/mol. The SMILES string of the molecule is O=C(CCn1c(=S)[nH]c2ccccc2c1=O)NCc1cccc(COCc2ccco2)c1. The maximum absolute atomic E-state index is 12.7. The van der Waals surface area contributed by atoms with Gasteiger partial charge in [0.25, 0.3) is 5.56 Å². The third-order valence-corrected chi connectivity index (χ3v) is 5.35. The molecule has 32 heavy (non-hydrogen) atoms. The molecular formula is C24H23N3O4S. The van der Waals surface area contributed by atoms with Crippen molar-refractivity contribution in [3.63, 3.8) is 0 Å². The van der Waals surface area contributed by atoms with Crippen LogP contribution in [-0.4, -0.2) is 15.5 Å². The molecule has 0 aliphatic rings. The number of fused-ring (bicyclic) bond motifs is 1. The fraction of sp³-hybridized carbons (Fsp3) is 0.208. The summed E-state index contributed by atoms with van der Waals surface area (Å²) >= 11 is 5.29. The van der Waals surface area contributed by atoms with Gasteiger partial charge in [-0.25, -0.2) is 0 Å². The zero-order chi connectivity index (χ0) is 22.3. The third kappa shape index (κ3) is 5.40. The lowest BCUT2D eigenvalue weighted by Gasteiger charge is -2.10. The highest BCUT2D eigenvalue weighted by Crippen LogP contribution is 2.10. The van der Waals surface area contributed by atoms with E-state index in [-0.39, 0.29) is 24.4 Å². The Kier molecular flexibility index (Phi) is 6.94. The van der Waals surface area contributed by atoms with Crippen molar-refractivity contribution in [3.8, 4) is 0 Å². The van der Waals surface area contributed by atoms with E-state index in [1.807, 2.05) is 42.5 Å². The fourth-order valence-corrected chi connectivity index (χ4v) is 3.68. The van der Waals surface area contributed by atoms with Gasteiger partial charge in [0.15, 0.2) is 4.77 Å². The summed E-state index contributed by atoms with van der Waals surface area (Å²) in [6.45, 7) is 1.46. The lowest BCUT2D eigenvalue weighted by atomic mass is 10.1. The first-order valence-electron chi connectivity index (χ1n) is 10.3. The quantitative estimate of drug-likeness (QED) is 0.376. The summed E-state index contributed by atoms with van der Waals surface area (Å²) in [5.41, 5.74) is 2.48. The molecule has 4 aromatic rings. The average molecular weight is 450 g/mol. The second-order valence-corrected chi connectivity index (χ2v) is 7.74. The molecule has 7 nitrogen and oxygen atoms in total. The molecule has 0 unspecified atom stereocenters. The largest absolute Gasteiger partial charge is 0.467 e. The number of hydrogen-bond acceptors (Lipinski definition) is 5. The molecule has 0 aliphatic carbocycles. The molecule has 2 aromatic carbocycles. The van der Waals surface area contributed by atoms with Gasteiger partial charge >= 0.3 is 0 Å². The van der Waals surface area contributed by atoms with Crippen LogP contribution >= 0.6 is 12.2 Å². The molecule has 2 heterocycles. The van der Waals surface area contributed by atoms with Gasteiger partial charge < -0.3 is 19.5 Å². The Labute approximate surface area is 189 Å². The van der Waals surface area contributed by atoms with Crippen LogP contribution in [0.5, 0.6) is 0 Å². The van der Waals surface area contributed by atoms with Gasteiger partial charge in [0.05, 0.1) is 23.8 Å². The number of H-pyrrole nitrogens is 1. The summed E-state index contributed by atoms with van der Waals surface area (Å²) in [5, 5.41) is 3.45. The molecule has 2 aromatic heterocycles. The molecule has 4 rings (SSSR count). The molecule has 0 fully saturated rings. The zero-order valence-electron chi connectivity index (χ0n) is 17.4. The molecule has 0 bridgehead atoms. The topological polar surface area (TPSA) is 89.3 Å². The van der Waals surface area contributed by atoms with Gasteiger partial charge in [0.2, 0.25) is 5.91 Å². The molecule has 0 spiro atoms. The van der Waals surface area contributed by atoms with Gasteiger partial charge in [-0.2, -0.15) is 0 Å². The van der Waals surface area contributed by atoms with Crippen molar-refractivity contribution in [1.82, 2.24) is 14.9 Å². The Morgan fingerprint density at radius 3 is 2.75 bits per heavy atom. The van der Waals surface area contributed by atoms with Crippen LogP contribution in [0.1, 0.15) is 23.3 Å². The first-order valence-corrected chi connectivity index (χ1v) is 10.7. The van der Waals surface area contributed by atoms with Crippen LogP contribution in [0.2, 0.25) is 0 Å². The summed E-state index contributed by atoms with van der Waals surface area (Å²) in [6, 6.07) is 18.7. The minimum atomic E-state index is -0.195. The van der Waals surface area contributed by atoms with Crippen LogP contribution in [0, 0.1) is 4.77 Å². The lowest BCUT2D eigenvalue weighted by Crippen LogP contribution is -2.28. The molecule has 164 valence electrons. The number of para-hydroxylation sites is 1. The maximum Gasteiger partial charge on any atom is 0.262 e. The Hall–Kier alpha value is -3.49. The molecule has 2 N–H and O–H groups in total. The number of hydrogen-bond donors (Lipinski definition) is 2. The number of furan rings is 1. The predicted octanol–water partition coefficient (Wildman–Crippen LogP) is 4.08. The van der Waals surface area contributed by atoms with Gasteiger partial charge in [0.1, 0.15) is 12.4 Å². The van der Waals surface area contributed by atoms with Crippen molar-refractivity contribution in [2.45, 2.75) is 32.7 Å². The molecule has 8 heteroatoms. The summed E-state index contributed by atoms with van der Waals surface area (Å²) in [5.74, 6) is 0.623. The van der Waals surface area contributed by atoms with Crippen LogP contribution < -0.4 is 10.9 Å². The Morgan fingerprint density at radius 2 is 1.91 bits per heavy atom. The summed E-state index contributed by atoms with van der Waals surface area (Å²) in [4.78, 5) is 28.1. The fourth-order valence-electron chi connectivity index (χ4n) is 3.40. The number of benzene rings is 2. The van der Waals surface area contributed by atoms with Crippen LogP contribution in [-0.2, 0) is 35.8 Å². The number of nitrogens with zero attached hydrogens (tertiary/aromatic N) is 1. The van der Waals surface area contributed by atoms with Crippen molar-refractivity contribution in [2.24, 2.45) is 0 Å². The first kappa shape index (κ1) is 21.7. The van der Waals surface area contributed by atoms with Crippen molar-refractivity contribution in [1.29, 1.82) is 0 Å². The Bertz CT molecular complexity index is 1330. The molecule has 0 saturated carbocycles. The van der Waals surface area contributed by atoms with Gasteiger partial charge in [0, 0.05) is 19.5 Å². The summed E-state index contributed by atoms with van der Waals surface area (Å²) < 4.78 is 12.6. The minimum absolute atomic E-state index is 0.154. The van der Waals surface area contributed by atoms with Gasteiger partial charge in [-0.3, -0.25) is 14.2 Å². The molecule has 0 radical (unpaired) electrons. The Morgan fingerprint density at radius 1 is 1.06 bits per heavy atom. The highest BCUT2D eigenvalue weighted by Gasteiger charge is 2.08. The van der Waals surface area contributed by atoms with Gasteiger partial charge in [-0.1, -0.05) is 36.4 Å². The number of nitrogens with one attached hydrogen (secondary N) is 2. The van der Waals surface area contributed by atoms with Crippen LogP contribution in [0.4, 0.5) is 0 Å². The van der Waals surface area contributed by atoms with Crippen LogP contribution in [0.25, 0.3) is 10.9 Å². The zero-order valence-corrected chi connectivity index (χ0v) is 18.2. The van der Waals surface area contributed by atoms with Gasteiger partial charge in [-0.15, -0.1) is 0 Å². The molecule has 0 aliphatic heterocycles. The second kappa shape index (κ2) is 10.2. The smallest absolute Gasteiger partial charge is 0.262 e. The summed E-state index contributed by atoms with van der Waals surface area (Å²) in [6.07, 6.45) is 1.77. The molecule has 0 atom stereocenters. The maximum atomic E-state index is 12.7. The van der Waals surface area contributed by atoms with E-state index in [0.29, 0.717) is 35.4 Å². The minimum Gasteiger partial charge on any atom is -0.467 e. The number of aromatic amines is 1. The molecule has 0 saturated heterocycles. The highest BCUT2D eigenvalue weighted by atomic mass is 32.1. The number of ether oxygens (including phenoxy) is 1. The van der Waals surface area contributed by atoms with Gasteiger partial charge in [-0.05, 0) is 47.6 Å². The lowest BCUT2D eigenvalue weighted by molar-refractivity contribution is -0.121. The second-order valence-electron chi connectivity index (χ2n) is 7.35.